The molecule has 0 atom stereocenters. The summed E-state index contributed by atoms with van der Waals surface area (Å²) in [5.74, 6) is -0.394. The van der Waals surface area contributed by atoms with Crippen LogP contribution in [0.2, 0.25) is 0 Å². The van der Waals surface area contributed by atoms with E-state index in [9.17, 15) is 9.59 Å². The topological polar surface area (TPSA) is 63.4 Å². The molecule has 0 aromatic heterocycles. The molecule has 64 valence electrons. The van der Waals surface area contributed by atoms with Crippen molar-refractivity contribution in [2.75, 3.05) is 13.1 Å². The Kier molecular flexibility index (Phi) is 3.89. The van der Waals surface area contributed by atoms with Gasteiger partial charge in [0, 0.05) is 13.0 Å². The lowest BCUT2D eigenvalue weighted by Gasteiger charge is -2.11. The summed E-state index contributed by atoms with van der Waals surface area (Å²) in [6, 6.07) is 0. The van der Waals surface area contributed by atoms with E-state index < -0.39 is 5.91 Å². The maximum atomic E-state index is 10.8. The second-order valence-electron chi connectivity index (χ2n) is 2.39. The van der Waals surface area contributed by atoms with Gasteiger partial charge in [-0.15, -0.1) is 12.4 Å². The third kappa shape index (κ3) is 2.76. The standard InChI is InChI=1S/C6H10N2O2.ClH/c7-5(9)4-8-3-1-2-6(8)10;/h1-4H2,(H2,7,9);1H. The normalized spacial score (nSPS) is 16.4. The van der Waals surface area contributed by atoms with Crippen LogP contribution in [-0.2, 0) is 9.59 Å². The van der Waals surface area contributed by atoms with E-state index in [0.29, 0.717) is 13.0 Å². The zero-order valence-electron chi connectivity index (χ0n) is 6.08. The fraction of sp³-hybridized carbons (Fsp3) is 0.667. The van der Waals surface area contributed by atoms with Gasteiger partial charge in [-0.1, -0.05) is 0 Å². The molecule has 1 saturated heterocycles. The van der Waals surface area contributed by atoms with Crippen molar-refractivity contribution in [3.63, 3.8) is 0 Å². The van der Waals surface area contributed by atoms with Crippen LogP contribution in [0.3, 0.4) is 0 Å². The summed E-state index contributed by atoms with van der Waals surface area (Å²) >= 11 is 0. The first-order valence-corrected chi connectivity index (χ1v) is 3.26. The predicted octanol–water partition coefficient (Wildman–Crippen LogP) is -0.484. The first-order chi connectivity index (χ1) is 4.70. The first kappa shape index (κ1) is 10.2. The van der Waals surface area contributed by atoms with E-state index in [1.807, 2.05) is 0 Å². The molecule has 1 heterocycles. The number of likely N-dealkylation sites (tertiary alicyclic amines) is 1. The Hall–Kier alpha value is -0.770. The van der Waals surface area contributed by atoms with Crippen LogP contribution in [-0.4, -0.2) is 29.8 Å². The predicted molar refractivity (Wildman–Crippen MR) is 42.3 cm³/mol. The summed E-state index contributed by atoms with van der Waals surface area (Å²) < 4.78 is 0. The van der Waals surface area contributed by atoms with E-state index in [4.69, 9.17) is 5.73 Å². The highest BCUT2D eigenvalue weighted by atomic mass is 35.5. The molecule has 0 aromatic carbocycles. The summed E-state index contributed by atoms with van der Waals surface area (Å²) in [6.45, 7) is 0.764. The number of nitrogens with two attached hydrogens (primary N) is 1. The average molecular weight is 179 g/mol. The Morgan fingerprint density at radius 3 is 2.64 bits per heavy atom. The monoisotopic (exact) mass is 178 g/mol. The molecular weight excluding hydrogens is 168 g/mol. The van der Waals surface area contributed by atoms with Gasteiger partial charge in [-0.05, 0) is 6.42 Å². The van der Waals surface area contributed by atoms with Gasteiger partial charge < -0.3 is 10.6 Å². The molecule has 5 heteroatoms. The Balaban J connectivity index is 0.000001000. The highest BCUT2D eigenvalue weighted by Crippen LogP contribution is 2.07. The Morgan fingerprint density at radius 2 is 2.27 bits per heavy atom. The average Bonchev–Trinajstić information content (AvgIpc) is 2.15. The number of amides is 2. The van der Waals surface area contributed by atoms with Crippen LogP contribution in [0.15, 0.2) is 0 Å². The molecular formula is C6H11ClN2O2. The second-order valence-corrected chi connectivity index (χ2v) is 2.39. The molecule has 0 unspecified atom stereocenters. The van der Waals surface area contributed by atoms with Gasteiger partial charge >= 0.3 is 0 Å². The number of hydrogen-bond acceptors (Lipinski definition) is 2. The van der Waals surface area contributed by atoms with Crippen molar-refractivity contribution in [3.05, 3.63) is 0 Å². The maximum absolute atomic E-state index is 10.8. The van der Waals surface area contributed by atoms with Crippen molar-refractivity contribution in [3.8, 4) is 0 Å². The molecule has 2 amide bonds. The van der Waals surface area contributed by atoms with Crippen LogP contribution in [0.1, 0.15) is 12.8 Å². The van der Waals surface area contributed by atoms with Crippen molar-refractivity contribution in [1.29, 1.82) is 0 Å². The molecule has 0 aliphatic carbocycles. The van der Waals surface area contributed by atoms with Gasteiger partial charge in [0.25, 0.3) is 0 Å². The quantitative estimate of drug-likeness (QED) is 0.621. The molecule has 4 nitrogen and oxygen atoms in total. The van der Waals surface area contributed by atoms with Crippen LogP contribution in [0, 0.1) is 0 Å². The van der Waals surface area contributed by atoms with E-state index in [-0.39, 0.29) is 24.9 Å². The van der Waals surface area contributed by atoms with Gasteiger partial charge in [0.05, 0.1) is 6.54 Å². The van der Waals surface area contributed by atoms with Crippen molar-refractivity contribution < 1.29 is 9.59 Å². The summed E-state index contributed by atoms with van der Waals surface area (Å²) in [7, 11) is 0. The van der Waals surface area contributed by atoms with Gasteiger partial charge in [0.15, 0.2) is 0 Å². The molecule has 0 spiro atoms. The molecule has 0 saturated carbocycles. The van der Waals surface area contributed by atoms with E-state index in [0.717, 1.165) is 6.42 Å². The van der Waals surface area contributed by atoms with Crippen molar-refractivity contribution >= 4 is 24.2 Å². The number of hydrogen-bond donors (Lipinski definition) is 1. The lowest BCUT2D eigenvalue weighted by atomic mass is 10.4. The van der Waals surface area contributed by atoms with Crippen molar-refractivity contribution in [1.82, 2.24) is 4.90 Å². The summed E-state index contributed by atoms with van der Waals surface area (Å²) in [6.07, 6.45) is 1.42. The fourth-order valence-corrected chi connectivity index (χ4v) is 1.06. The Labute approximate surface area is 71.1 Å². The number of primary amides is 1. The molecule has 0 bridgehead atoms. The second kappa shape index (κ2) is 4.18. The number of nitrogens with zero attached hydrogens (tertiary/aromatic N) is 1. The summed E-state index contributed by atoms with van der Waals surface area (Å²) in [5, 5.41) is 0. The van der Waals surface area contributed by atoms with E-state index in [1.54, 1.807) is 0 Å². The number of carbonyl (C=O) groups excluding carboxylic acids is 2. The van der Waals surface area contributed by atoms with Crippen LogP contribution in [0.25, 0.3) is 0 Å². The molecule has 1 aliphatic rings. The molecule has 0 radical (unpaired) electrons. The minimum Gasteiger partial charge on any atom is -0.368 e. The summed E-state index contributed by atoms with van der Waals surface area (Å²) in [5.41, 5.74) is 4.90. The molecule has 1 rings (SSSR count). The van der Waals surface area contributed by atoms with Gasteiger partial charge in [-0.2, -0.15) is 0 Å². The first-order valence-electron chi connectivity index (χ1n) is 3.26. The zero-order valence-corrected chi connectivity index (χ0v) is 6.89. The van der Waals surface area contributed by atoms with Crippen LogP contribution in [0.4, 0.5) is 0 Å². The van der Waals surface area contributed by atoms with Crippen LogP contribution < -0.4 is 5.73 Å². The minimum atomic E-state index is -0.435. The van der Waals surface area contributed by atoms with Gasteiger partial charge in [-0.25, -0.2) is 0 Å². The lowest BCUT2D eigenvalue weighted by molar-refractivity contribution is -0.132. The molecule has 1 fully saturated rings. The van der Waals surface area contributed by atoms with Gasteiger partial charge in [-0.3, -0.25) is 9.59 Å². The highest BCUT2D eigenvalue weighted by molar-refractivity contribution is 5.85. The lowest BCUT2D eigenvalue weighted by Crippen LogP contribution is -2.34. The van der Waals surface area contributed by atoms with Gasteiger partial charge in [0.2, 0.25) is 11.8 Å². The van der Waals surface area contributed by atoms with Crippen LogP contribution >= 0.6 is 12.4 Å². The molecule has 0 aromatic rings. The Morgan fingerprint density at radius 1 is 1.64 bits per heavy atom. The number of halogens is 1. The highest BCUT2D eigenvalue weighted by Gasteiger charge is 2.20. The van der Waals surface area contributed by atoms with Crippen molar-refractivity contribution in [2.24, 2.45) is 5.73 Å². The smallest absolute Gasteiger partial charge is 0.237 e. The Bertz CT molecular complexity index is 172. The van der Waals surface area contributed by atoms with Crippen molar-refractivity contribution in [2.45, 2.75) is 12.8 Å². The minimum absolute atomic E-state index is 0. The molecule has 2 N–H and O–H groups in total. The molecule has 11 heavy (non-hydrogen) atoms. The van der Waals surface area contributed by atoms with E-state index in [1.165, 1.54) is 4.90 Å². The van der Waals surface area contributed by atoms with E-state index in [2.05, 4.69) is 0 Å². The zero-order chi connectivity index (χ0) is 7.56. The maximum Gasteiger partial charge on any atom is 0.237 e. The SMILES string of the molecule is Cl.NC(=O)CN1CCCC1=O. The largest absolute Gasteiger partial charge is 0.368 e. The van der Waals surface area contributed by atoms with E-state index >= 15 is 0 Å². The van der Waals surface area contributed by atoms with Crippen LogP contribution in [0.5, 0.6) is 0 Å². The fourth-order valence-electron chi connectivity index (χ4n) is 1.06. The molecule has 1 aliphatic heterocycles. The third-order valence-corrected chi connectivity index (χ3v) is 1.52. The summed E-state index contributed by atoms with van der Waals surface area (Å²) in [4.78, 5) is 22.6. The third-order valence-electron chi connectivity index (χ3n) is 1.52. The van der Waals surface area contributed by atoms with Gasteiger partial charge in [0.1, 0.15) is 0 Å². The number of carbonyl (C=O) groups is 2. The number of rotatable bonds is 2.